The minimum atomic E-state index is -0.785. The van der Waals surface area contributed by atoms with Crippen LogP contribution in [0.15, 0.2) is 0 Å². The van der Waals surface area contributed by atoms with Gasteiger partial charge in [0.2, 0.25) is 6.29 Å². The van der Waals surface area contributed by atoms with Crippen molar-refractivity contribution in [3.63, 3.8) is 0 Å². The van der Waals surface area contributed by atoms with Crippen LogP contribution in [0.1, 0.15) is 27.2 Å². The summed E-state index contributed by atoms with van der Waals surface area (Å²) in [5.74, 6) is -1.43. The van der Waals surface area contributed by atoms with Crippen molar-refractivity contribution < 1.29 is 33.3 Å². The Morgan fingerprint density at radius 1 is 1.06 bits per heavy atom. The number of hydrogen-bond acceptors (Lipinski definition) is 7. The lowest BCUT2D eigenvalue weighted by molar-refractivity contribution is -0.179. The molecule has 7 nitrogen and oxygen atoms in total. The van der Waals surface area contributed by atoms with E-state index in [1.165, 1.54) is 20.8 Å². The quantitative estimate of drug-likeness (QED) is 0.525. The largest absolute Gasteiger partial charge is 0.463 e. The van der Waals surface area contributed by atoms with Crippen LogP contribution in [-0.2, 0) is 33.3 Å². The summed E-state index contributed by atoms with van der Waals surface area (Å²) in [6.07, 6.45) is -1.77. The van der Waals surface area contributed by atoms with Crippen LogP contribution in [0.4, 0.5) is 0 Å². The summed E-state index contributed by atoms with van der Waals surface area (Å²) >= 11 is 0. The molecule has 0 bridgehead atoms. The van der Waals surface area contributed by atoms with E-state index in [0.717, 1.165) is 0 Å². The topological polar surface area (TPSA) is 88.1 Å². The molecule has 1 rings (SSSR count). The van der Waals surface area contributed by atoms with Crippen molar-refractivity contribution in [3.05, 3.63) is 0 Å². The molecule has 0 N–H and O–H groups in total. The van der Waals surface area contributed by atoms with Gasteiger partial charge in [0.15, 0.2) is 0 Å². The standard InChI is InChI=1S/C11H16O7/c1-6(12)15-5-10-9(16-7(2)13)4-11(18-10)17-8(3)14/h9-11H,4-5H2,1-3H3/t9-,10-,11?/m0/s1. The first kappa shape index (κ1) is 14.4. The molecular formula is C11H16O7. The predicted molar refractivity (Wildman–Crippen MR) is 57.2 cm³/mol. The third-order valence-corrected chi connectivity index (χ3v) is 2.23. The van der Waals surface area contributed by atoms with Crippen LogP contribution < -0.4 is 0 Å². The fourth-order valence-electron chi connectivity index (χ4n) is 1.62. The predicted octanol–water partition coefficient (Wildman–Crippen LogP) is 0.159. The summed E-state index contributed by atoms with van der Waals surface area (Å²) in [4.78, 5) is 32.4. The Labute approximate surface area is 104 Å². The van der Waals surface area contributed by atoms with Gasteiger partial charge < -0.3 is 18.9 Å². The van der Waals surface area contributed by atoms with Gasteiger partial charge in [-0.2, -0.15) is 0 Å². The normalized spacial score (nSPS) is 26.5. The molecule has 1 aliphatic rings. The van der Waals surface area contributed by atoms with Crippen LogP contribution in [0.5, 0.6) is 0 Å². The number of hydrogen-bond donors (Lipinski definition) is 0. The Kier molecular flexibility index (Phi) is 5.08. The van der Waals surface area contributed by atoms with Gasteiger partial charge in [0.25, 0.3) is 0 Å². The molecule has 0 aromatic rings. The van der Waals surface area contributed by atoms with Crippen molar-refractivity contribution >= 4 is 17.9 Å². The highest BCUT2D eigenvalue weighted by atomic mass is 16.7. The van der Waals surface area contributed by atoms with Crippen molar-refractivity contribution in [3.8, 4) is 0 Å². The maximum absolute atomic E-state index is 10.9. The van der Waals surface area contributed by atoms with Crippen molar-refractivity contribution in [2.24, 2.45) is 0 Å². The van der Waals surface area contributed by atoms with E-state index in [1.54, 1.807) is 0 Å². The molecule has 1 heterocycles. The van der Waals surface area contributed by atoms with Gasteiger partial charge in [-0.25, -0.2) is 0 Å². The minimum absolute atomic E-state index is 0.0506. The van der Waals surface area contributed by atoms with Gasteiger partial charge in [-0.3, -0.25) is 14.4 Å². The first-order valence-corrected chi connectivity index (χ1v) is 5.51. The summed E-state index contributed by atoms with van der Waals surface area (Å²) < 4.78 is 20.0. The monoisotopic (exact) mass is 260 g/mol. The van der Waals surface area contributed by atoms with E-state index in [2.05, 4.69) is 0 Å². The molecule has 0 radical (unpaired) electrons. The second kappa shape index (κ2) is 6.34. The molecule has 102 valence electrons. The second-order valence-corrected chi connectivity index (χ2v) is 3.90. The summed E-state index contributed by atoms with van der Waals surface area (Å²) in [6.45, 7) is 3.73. The van der Waals surface area contributed by atoms with Crippen molar-refractivity contribution in [1.82, 2.24) is 0 Å². The molecular weight excluding hydrogens is 244 g/mol. The Morgan fingerprint density at radius 2 is 1.67 bits per heavy atom. The van der Waals surface area contributed by atoms with E-state index < -0.39 is 36.4 Å². The zero-order valence-electron chi connectivity index (χ0n) is 10.5. The summed E-state index contributed by atoms with van der Waals surface area (Å²) in [5.41, 5.74) is 0. The average Bonchev–Trinajstić information content (AvgIpc) is 2.55. The van der Waals surface area contributed by atoms with E-state index in [1.807, 2.05) is 0 Å². The van der Waals surface area contributed by atoms with Crippen LogP contribution in [0.25, 0.3) is 0 Å². The Balaban J connectivity index is 2.56. The third-order valence-electron chi connectivity index (χ3n) is 2.23. The first-order chi connectivity index (χ1) is 8.38. The molecule has 0 aromatic heterocycles. The maximum Gasteiger partial charge on any atom is 0.304 e. The zero-order chi connectivity index (χ0) is 13.7. The maximum atomic E-state index is 10.9. The van der Waals surface area contributed by atoms with E-state index in [9.17, 15) is 14.4 Å². The van der Waals surface area contributed by atoms with Crippen molar-refractivity contribution in [2.45, 2.75) is 45.7 Å². The fourth-order valence-corrected chi connectivity index (χ4v) is 1.62. The van der Waals surface area contributed by atoms with Gasteiger partial charge in [-0.1, -0.05) is 0 Å². The van der Waals surface area contributed by atoms with Crippen LogP contribution in [0.2, 0.25) is 0 Å². The highest BCUT2D eigenvalue weighted by Gasteiger charge is 2.39. The smallest absolute Gasteiger partial charge is 0.304 e. The van der Waals surface area contributed by atoms with Gasteiger partial charge in [-0.05, 0) is 0 Å². The van der Waals surface area contributed by atoms with Crippen molar-refractivity contribution in [2.75, 3.05) is 6.61 Å². The molecule has 0 aromatic carbocycles. The number of rotatable bonds is 4. The first-order valence-electron chi connectivity index (χ1n) is 5.51. The lowest BCUT2D eigenvalue weighted by Gasteiger charge is -2.17. The molecule has 1 fully saturated rings. The number of carbonyl (C=O) groups excluding carboxylic acids is 3. The van der Waals surface area contributed by atoms with E-state index >= 15 is 0 Å². The Bertz CT molecular complexity index is 338. The van der Waals surface area contributed by atoms with Crippen LogP contribution in [0, 0.1) is 0 Å². The number of carbonyl (C=O) groups is 3. The molecule has 3 atom stereocenters. The van der Waals surface area contributed by atoms with E-state index in [-0.39, 0.29) is 13.0 Å². The third kappa shape index (κ3) is 4.70. The highest BCUT2D eigenvalue weighted by molar-refractivity contribution is 5.67. The summed E-state index contributed by atoms with van der Waals surface area (Å²) in [5, 5.41) is 0. The summed E-state index contributed by atoms with van der Waals surface area (Å²) in [6, 6.07) is 0. The van der Waals surface area contributed by atoms with Crippen LogP contribution in [0.3, 0.4) is 0 Å². The minimum Gasteiger partial charge on any atom is -0.463 e. The molecule has 0 saturated carbocycles. The SMILES string of the molecule is CC(=O)OC[C@@H]1OC(OC(C)=O)C[C@@H]1OC(C)=O. The fraction of sp³-hybridized carbons (Fsp3) is 0.727. The van der Waals surface area contributed by atoms with Gasteiger partial charge in [0.05, 0.1) is 6.42 Å². The molecule has 0 aliphatic carbocycles. The molecule has 1 unspecified atom stereocenters. The van der Waals surface area contributed by atoms with Crippen molar-refractivity contribution in [1.29, 1.82) is 0 Å². The highest BCUT2D eigenvalue weighted by Crippen LogP contribution is 2.24. The lowest BCUT2D eigenvalue weighted by Crippen LogP contribution is -2.31. The van der Waals surface area contributed by atoms with Crippen LogP contribution in [-0.4, -0.2) is 43.0 Å². The van der Waals surface area contributed by atoms with Gasteiger partial charge in [0.1, 0.15) is 18.8 Å². The molecule has 1 saturated heterocycles. The average molecular weight is 260 g/mol. The Morgan fingerprint density at radius 3 is 2.17 bits per heavy atom. The lowest BCUT2D eigenvalue weighted by atomic mass is 10.2. The molecule has 7 heteroatoms. The Hall–Kier alpha value is -1.63. The van der Waals surface area contributed by atoms with Crippen LogP contribution >= 0.6 is 0 Å². The zero-order valence-corrected chi connectivity index (χ0v) is 10.5. The summed E-state index contributed by atoms with van der Waals surface area (Å²) in [7, 11) is 0. The molecule has 0 amide bonds. The molecule has 0 spiro atoms. The number of esters is 3. The molecule has 18 heavy (non-hydrogen) atoms. The van der Waals surface area contributed by atoms with Gasteiger partial charge in [0, 0.05) is 20.8 Å². The second-order valence-electron chi connectivity index (χ2n) is 3.90. The van der Waals surface area contributed by atoms with E-state index in [0.29, 0.717) is 0 Å². The van der Waals surface area contributed by atoms with Gasteiger partial charge in [-0.15, -0.1) is 0 Å². The molecule has 1 aliphatic heterocycles. The number of ether oxygens (including phenoxy) is 4. The van der Waals surface area contributed by atoms with Gasteiger partial charge >= 0.3 is 17.9 Å². The van der Waals surface area contributed by atoms with E-state index in [4.69, 9.17) is 18.9 Å².